The van der Waals surface area contributed by atoms with Crippen LogP contribution in [0.15, 0.2) is 97.2 Å². The molecule has 17 nitrogen and oxygen atoms in total. The maximum Gasteiger partial charge on any atom is 0.472 e. The molecule has 3 N–H and O–H groups in total. The topological polar surface area (TPSA) is 237 Å². The van der Waals surface area contributed by atoms with Crippen molar-refractivity contribution in [1.29, 1.82) is 0 Å². The van der Waals surface area contributed by atoms with E-state index in [1.807, 2.05) is 0 Å². The summed E-state index contributed by atoms with van der Waals surface area (Å²) in [5.74, 6) is -2.22. The van der Waals surface area contributed by atoms with Crippen LogP contribution < -0.4 is 0 Å². The monoisotopic (exact) mass is 1420 g/mol. The SMILES string of the molecule is CCC/C=C\C/C=C\CCCCCCCC(=O)OCC(COP(=O)(O)OCC(O)COP(=O)(O)OCC(COC(=O)CCCCCCCC/C=C\C/C=C\C/C=C\CCCCC)OC(=O)CCCCCCC/C=C\C/C=C\CCC)OC(=O)CCCCCCC/C=C\CCCCCC. The first kappa shape index (κ1) is 94.0. The molecule has 0 aliphatic carbocycles. The number of ether oxygens (including phenoxy) is 4. The number of allylic oxidation sites excluding steroid dienone is 16. The van der Waals surface area contributed by atoms with Crippen molar-refractivity contribution in [3.8, 4) is 0 Å². The van der Waals surface area contributed by atoms with Gasteiger partial charge >= 0.3 is 39.5 Å². The van der Waals surface area contributed by atoms with Crippen LogP contribution in [0.25, 0.3) is 0 Å². The fourth-order valence-corrected chi connectivity index (χ4v) is 11.6. The summed E-state index contributed by atoms with van der Waals surface area (Å²) >= 11 is 0. The average Bonchev–Trinajstić information content (AvgIpc) is 0.979. The summed E-state index contributed by atoms with van der Waals surface area (Å²) in [6.07, 6.45) is 73.9. The van der Waals surface area contributed by atoms with Gasteiger partial charge in [-0.1, -0.05) is 253 Å². The minimum atomic E-state index is -4.98. The highest BCUT2D eigenvalue weighted by Crippen LogP contribution is 2.45. The van der Waals surface area contributed by atoms with Gasteiger partial charge in [-0.05, 0) is 141 Å². The van der Waals surface area contributed by atoms with Gasteiger partial charge < -0.3 is 33.8 Å². The van der Waals surface area contributed by atoms with E-state index in [-0.39, 0.29) is 25.7 Å². The zero-order valence-corrected chi connectivity index (χ0v) is 63.5. The number of esters is 4. The first-order chi connectivity index (χ1) is 47.7. The normalized spacial score (nSPS) is 14.5. The lowest BCUT2D eigenvalue weighted by Gasteiger charge is -2.21. The Kier molecular flexibility index (Phi) is 68.4. The third-order valence-electron chi connectivity index (χ3n) is 16.0. The fourth-order valence-electron chi connectivity index (χ4n) is 10.1. The Bertz CT molecular complexity index is 2240. The van der Waals surface area contributed by atoms with Crippen LogP contribution in [0, 0.1) is 0 Å². The Morgan fingerprint density at radius 3 is 0.837 bits per heavy atom. The number of rotatable bonds is 72. The Hall–Kier alpha value is -4.02. The lowest BCUT2D eigenvalue weighted by Crippen LogP contribution is -2.30. The zero-order valence-electron chi connectivity index (χ0n) is 61.7. The predicted octanol–water partition coefficient (Wildman–Crippen LogP) is 22.0. The van der Waals surface area contributed by atoms with E-state index in [1.54, 1.807) is 0 Å². The van der Waals surface area contributed by atoms with Crippen LogP contribution in [0.2, 0.25) is 0 Å². The quantitative estimate of drug-likeness (QED) is 0.0169. The summed E-state index contributed by atoms with van der Waals surface area (Å²) in [6, 6.07) is 0. The molecule has 5 atom stereocenters. The van der Waals surface area contributed by atoms with Crippen molar-refractivity contribution in [2.75, 3.05) is 39.6 Å². The molecule has 0 amide bonds. The molecular weight excluding hydrogens is 1280 g/mol. The fraction of sp³-hybridized carbons (Fsp3) is 0.747. The van der Waals surface area contributed by atoms with E-state index in [4.69, 9.17) is 37.0 Å². The van der Waals surface area contributed by atoms with Gasteiger partial charge in [0.05, 0.1) is 26.4 Å². The van der Waals surface area contributed by atoms with Crippen molar-refractivity contribution >= 4 is 39.5 Å². The van der Waals surface area contributed by atoms with Gasteiger partial charge in [-0.25, -0.2) is 9.13 Å². The predicted molar refractivity (Wildman–Crippen MR) is 399 cm³/mol. The molecule has 0 bridgehead atoms. The molecule has 0 aliphatic rings. The van der Waals surface area contributed by atoms with Gasteiger partial charge in [0, 0.05) is 25.7 Å². The number of phosphoric acid groups is 2. The number of hydrogen-bond acceptors (Lipinski definition) is 15. The summed E-state index contributed by atoms with van der Waals surface area (Å²) in [4.78, 5) is 72.8. The first-order valence-electron chi connectivity index (χ1n) is 38.5. The molecule has 0 aromatic heterocycles. The molecule has 0 radical (unpaired) electrons. The highest BCUT2D eigenvalue weighted by molar-refractivity contribution is 7.47. The maximum absolute atomic E-state index is 13.1. The van der Waals surface area contributed by atoms with Gasteiger partial charge in [0.2, 0.25) is 0 Å². The number of carbonyl (C=O) groups excluding carboxylic acids is 4. The van der Waals surface area contributed by atoms with E-state index < -0.39 is 97.5 Å². The van der Waals surface area contributed by atoms with Crippen LogP contribution in [0.1, 0.15) is 323 Å². The number of aliphatic hydroxyl groups is 1. The van der Waals surface area contributed by atoms with E-state index >= 15 is 0 Å². The van der Waals surface area contributed by atoms with Crippen molar-refractivity contribution in [3.63, 3.8) is 0 Å². The van der Waals surface area contributed by atoms with Gasteiger partial charge in [-0.3, -0.25) is 37.3 Å². The second-order valence-corrected chi connectivity index (χ2v) is 28.5. The molecule has 0 rings (SSSR count). The molecule has 98 heavy (non-hydrogen) atoms. The van der Waals surface area contributed by atoms with E-state index in [1.165, 1.54) is 44.9 Å². The second-order valence-electron chi connectivity index (χ2n) is 25.6. The highest BCUT2D eigenvalue weighted by Gasteiger charge is 2.30. The summed E-state index contributed by atoms with van der Waals surface area (Å²) in [7, 11) is -9.96. The standard InChI is InChI=1S/C79H138O17P2/c1-5-9-13-17-21-25-29-33-34-35-36-37-38-42-44-48-52-56-60-64-77(82)90-70-75(96-79(84)66-62-58-54-50-46-41-32-28-24-20-16-12-8-4)72-94-98(87,88)92-68-73(80)67-91-97(85,86)93-71-74(95-78(83)65-61-57-53-49-45-40-31-27-23-19-15-11-7-3)69-89-76(81)63-59-55-51-47-43-39-30-26-22-18-14-10-6-2/h14,16,18,20-21,25-28,30-34,36-37,73-75,80H,5-13,15,17,19,22-24,29,35,38-72H2,1-4H3,(H,85,86)(H,87,88)/b18-14-,20-16-,25-21-,30-26-,31-27-,32-28-,34-33-,37-36-. The number of carbonyl (C=O) groups is 4. The Morgan fingerprint density at radius 2 is 0.520 bits per heavy atom. The van der Waals surface area contributed by atoms with E-state index in [0.29, 0.717) is 25.7 Å². The molecule has 5 unspecified atom stereocenters. The Labute approximate surface area is 595 Å². The molecule has 0 saturated carbocycles. The lowest BCUT2D eigenvalue weighted by atomic mass is 10.1. The molecule has 0 fully saturated rings. The molecule has 0 aliphatic heterocycles. The molecule has 0 aromatic carbocycles. The van der Waals surface area contributed by atoms with Crippen LogP contribution in [-0.2, 0) is 65.4 Å². The van der Waals surface area contributed by atoms with E-state index in [0.717, 1.165) is 199 Å². The van der Waals surface area contributed by atoms with Crippen LogP contribution in [0.4, 0.5) is 0 Å². The van der Waals surface area contributed by atoms with Crippen molar-refractivity contribution in [2.24, 2.45) is 0 Å². The van der Waals surface area contributed by atoms with Gasteiger partial charge in [0.25, 0.3) is 0 Å². The van der Waals surface area contributed by atoms with Gasteiger partial charge in [0.1, 0.15) is 19.3 Å². The highest BCUT2D eigenvalue weighted by atomic mass is 31.2. The average molecular weight is 1420 g/mol. The summed E-state index contributed by atoms with van der Waals surface area (Å²) in [6.45, 7) is 4.66. The molecule has 0 spiro atoms. The molecule has 566 valence electrons. The van der Waals surface area contributed by atoms with Gasteiger partial charge in [-0.15, -0.1) is 0 Å². The van der Waals surface area contributed by atoms with E-state index in [2.05, 4.69) is 125 Å². The third kappa shape index (κ3) is 70.4. The maximum atomic E-state index is 13.1. The summed E-state index contributed by atoms with van der Waals surface area (Å²) < 4.78 is 68.4. The second kappa shape index (κ2) is 71.4. The van der Waals surface area contributed by atoms with Gasteiger partial charge in [-0.2, -0.15) is 0 Å². The summed E-state index contributed by atoms with van der Waals surface area (Å²) in [5, 5.41) is 10.6. The van der Waals surface area contributed by atoms with Gasteiger partial charge in [0.15, 0.2) is 12.2 Å². The summed E-state index contributed by atoms with van der Waals surface area (Å²) in [5.41, 5.74) is 0. The van der Waals surface area contributed by atoms with Crippen LogP contribution in [0.3, 0.4) is 0 Å². The molecule has 0 aromatic rings. The number of phosphoric ester groups is 2. The van der Waals surface area contributed by atoms with Crippen LogP contribution in [-0.4, -0.2) is 96.7 Å². The van der Waals surface area contributed by atoms with Crippen molar-refractivity contribution in [1.82, 2.24) is 0 Å². The molecule has 19 heteroatoms. The Balaban J connectivity index is 5.34. The molecule has 0 heterocycles. The largest absolute Gasteiger partial charge is 0.472 e. The minimum Gasteiger partial charge on any atom is -0.462 e. The Morgan fingerprint density at radius 1 is 0.286 bits per heavy atom. The first-order valence-corrected chi connectivity index (χ1v) is 41.5. The molecule has 0 saturated heterocycles. The van der Waals surface area contributed by atoms with Crippen molar-refractivity contribution in [2.45, 2.75) is 341 Å². The van der Waals surface area contributed by atoms with Crippen molar-refractivity contribution < 1.29 is 80.2 Å². The minimum absolute atomic E-state index is 0.0752. The lowest BCUT2D eigenvalue weighted by molar-refractivity contribution is -0.161. The smallest absolute Gasteiger partial charge is 0.462 e. The van der Waals surface area contributed by atoms with Crippen LogP contribution >= 0.6 is 15.6 Å². The van der Waals surface area contributed by atoms with E-state index in [9.17, 15) is 43.2 Å². The number of hydrogen-bond donors (Lipinski definition) is 3. The number of aliphatic hydroxyl groups excluding tert-OH is 1. The van der Waals surface area contributed by atoms with Crippen molar-refractivity contribution in [3.05, 3.63) is 97.2 Å². The number of unbranched alkanes of at least 4 members (excludes halogenated alkanes) is 30. The zero-order chi connectivity index (χ0) is 71.8. The van der Waals surface area contributed by atoms with Crippen LogP contribution in [0.5, 0.6) is 0 Å². The third-order valence-corrected chi connectivity index (χ3v) is 17.9. The molecular formula is C79H138O17P2.